The predicted octanol–water partition coefficient (Wildman–Crippen LogP) is 1.95. The molecule has 0 aliphatic rings. The number of aromatic carboxylic acids is 1. The van der Waals surface area contributed by atoms with E-state index in [1.165, 1.54) is 0 Å². The van der Waals surface area contributed by atoms with Crippen molar-refractivity contribution in [1.29, 1.82) is 0 Å². The first-order chi connectivity index (χ1) is 6.02. The molecule has 0 bridgehead atoms. The van der Waals surface area contributed by atoms with Crippen molar-refractivity contribution >= 4 is 23.3 Å². The van der Waals surface area contributed by atoms with Gasteiger partial charge in [0, 0.05) is 6.07 Å². The normalized spacial score (nSPS) is 9.62. The van der Waals surface area contributed by atoms with Gasteiger partial charge in [-0.25, -0.2) is 4.79 Å². The van der Waals surface area contributed by atoms with Crippen LogP contribution in [-0.2, 0) is 0 Å². The van der Waals surface area contributed by atoms with Crippen molar-refractivity contribution in [3.8, 4) is 0 Å². The highest BCUT2D eigenvalue weighted by Gasteiger charge is 2.14. The summed E-state index contributed by atoms with van der Waals surface area (Å²) >= 11 is 5.46. The Labute approximate surface area is 77.7 Å². The zero-order valence-corrected chi connectivity index (χ0v) is 6.99. The molecular formula is C7H4ClNO4. The number of hydrogen-bond acceptors (Lipinski definition) is 3. The molecule has 5 nitrogen and oxygen atoms in total. The Balaban J connectivity index is 3.20. The molecular weight excluding hydrogens is 198 g/mol. The Morgan fingerprint density at radius 2 is 2.15 bits per heavy atom. The maximum absolute atomic E-state index is 10.4. The molecule has 0 saturated carbocycles. The minimum absolute atomic E-state index is 0.0735. The van der Waals surface area contributed by atoms with Crippen molar-refractivity contribution in [2.75, 3.05) is 0 Å². The van der Waals surface area contributed by atoms with E-state index in [1.807, 2.05) is 0 Å². The number of benzene rings is 1. The van der Waals surface area contributed by atoms with Crippen LogP contribution in [0.3, 0.4) is 0 Å². The summed E-state index contributed by atoms with van der Waals surface area (Å²) in [6.45, 7) is 0. The summed E-state index contributed by atoms with van der Waals surface area (Å²) in [6.07, 6.45) is 0. The second-order valence-electron chi connectivity index (χ2n) is 2.23. The van der Waals surface area contributed by atoms with E-state index in [0.717, 1.165) is 18.2 Å². The van der Waals surface area contributed by atoms with Crippen molar-refractivity contribution in [2.45, 2.75) is 0 Å². The van der Waals surface area contributed by atoms with E-state index in [-0.39, 0.29) is 16.3 Å². The molecule has 0 saturated heterocycles. The van der Waals surface area contributed by atoms with Crippen molar-refractivity contribution in [2.24, 2.45) is 0 Å². The average Bonchev–Trinajstić information content (AvgIpc) is 2.03. The highest BCUT2D eigenvalue weighted by Crippen LogP contribution is 2.24. The molecule has 0 amide bonds. The Hall–Kier alpha value is -1.62. The number of nitrogens with zero attached hydrogens (tertiary/aromatic N) is 1. The predicted molar refractivity (Wildman–Crippen MR) is 45.1 cm³/mol. The second-order valence-corrected chi connectivity index (χ2v) is 2.64. The maximum atomic E-state index is 10.4. The molecule has 68 valence electrons. The van der Waals surface area contributed by atoms with E-state index in [4.69, 9.17) is 16.7 Å². The van der Waals surface area contributed by atoms with Gasteiger partial charge in [0.05, 0.1) is 10.5 Å². The lowest BCUT2D eigenvalue weighted by Crippen LogP contribution is -1.97. The van der Waals surface area contributed by atoms with Crippen molar-refractivity contribution in [3.05, 3.63) is 38.9 Å². The number of hydrogen-bond donors (Lipinski definition) is 1. The molecule has 0 radical (unpaired) electrons. The van der Waals surface area contributed by atoms with Crippen LogP contribution in [0.4, 0.5) is 5.69 Å². The first-order valence-electron chi connectivity index (χ1n) is 3.19. The van der Waals surface area contributed by atoms with Crippen molar-refractivity contribution in [3.63, 3.8) is 0 Å². The summed E-state index contributed by atoms with van der Waals surface area (Å²) in [4.78, 5) is 20.0. The number of carbonyl (C=O) groups is 1. The highest BCUT2D eigenvalue weighted by molar-refractivity contribution is 6.33. The zero-order chi connectivity index (χ0) is 10.0. The van der Waals surface area contributed by atoms with Crippen LogP contribution in [0.2, 0.25) is 5.02 Å². The lowest BCUT2D eigenvalue weighted by molar-refractivity contribution is -0.384. The molecule has 0 aliphatic heterocycles. The van der Waals surface area contributed by atoms with Gasteiger partial charge in [-0.05, 0) is 12.1 Å². The Morgan fingerprint density at radius 3 is 2.54 bits per heavy atom. The Bertz CT molecular complexity index is 377. The van der Waals surface area contributed by atoms with Gasteiger partial charge in [0.15, 0.2) is 0 Å². The Morgan fingerprint density at radius 1 is 1.54 bits per heavy atom. The first kappa shape index (κ1) is 9.47. The summed E-state index contributed by atoms with van der Waals surface area (Å²) in [5, 5.41) is 18.6. The molecule has 1 aromatic rings. The molecule has 0 spiro atoms. The molecule has 6 heteroatoms. The largest absolute Gasteiger partial charge is 0.478 e. The number of carboxylic acid groups (broad SMARTS) is 1. The van der Waals surface area contributed by atoms with Gasteiger partial charge in [0.1, 0.15) is 5.02 Å². The smallest absolute Gasteiger partial charge is 0.335 e. The standard InChI is InChI=1S/C7H4ClNO4/c8-5-3-4(7(10)11)1-2-6(5)9(12)13/h1-3H,(H,10,11). The Kier molecular flexibility index (Phi) is 2.48. The molecule has 1 aromatic carbocycles. The van der Waals surface area contributed by atoms with E-state index in [9.17, 15) is 14.9 Å². The highest BCUT2D eigenvalue weighted by atomic mass is 35.5. The number of nitro groups is 1. The summed E-state index contributed by atoms with van der Waals surface area (Å²) in [5.41, 5.74) is -0.373. The first-order valence-corrected chi connectivity index (χ1v) is 3.57. The summed E-state index contributed by atoms with van der Waals surface area (Å²) in [7, 11) is 0. The third-order valence-corrected chi connectivity index (χ3v) is 1.69. The van der Waals surface area contributed by atoms with Crippen LogP contribution in [0.5, 0.6) is 0 Å². The van der Waals surface area contributed by atoms with Gasteiger partial charge in [-0.2, -0.15) is 0 Å². The zero-order valence-electron chi connectivity index (χ0n) is 6.23. The third kappa shape index (κ3) is 1.94. The van der Waals surface area contributed by atoms with Gasteiger partial charge in [-0.1, -0.05) is 11.6 Å². The number of halogens is 1. The second kappa shape index (κ2) is 3.40. The van der Waals surface area contributed by atoms with Crippen LogP contribution in [0.25, 0.3) is 0 Å². The van der Waals surface area contributed by atoms with E-state index in [1.54, 1.807) is 0 Å². The molecule has 0 fully saturated rings. The molecule has 0 unspecified atom stereocenters. The summed E-state index contributed by atoms with van der Waals surface area (Å²) in [5.74, 6) is -1.17. The maximum Gasteiger partial charge on any atom is 0.335 e. The lowest BCUT2D eigenvalue weighted by Gasteiger charge is -1.96. The number of rotatable bonds is 2. The molecule has 1 N–H and O–H groups in total. The monoisotopic (exact) mass is 201 g/mol. The van der Waals surface area contributed by atoms with Crippen molar-refractivity contribution in [1.82, 2.24) is 0 Å². The van der Waals surface area contributed by atoms with Crippen LogP contribution in [0.15, 0.2) is 18.2 Å². The van der Waals surface area contributed by atoms with Crippen LogP contribution in [0, 0.1) is 10.1 Å². The lowest BCUT2D eigenvalue weighted by atomic mass is 10.2. The van der Waals surface area contributed by atoms with Crippen LogP contribution in [0.1, 0.15) is 10.4 Å². The molecule has 0 aliphatic carbocycles. The fourth-order valence-electron chi connectivity index (χ4n) is 0.788. The van der Waals surface area contributed by atoms with Crippen LogP contribution in [-0.4, -0.2) is 16.0 Å². The fourth-order valence-corrected chi connectivity index (χ4v) is 1.04. The molecule has 0 aromatic heterocycles. The van der Waals surface area contributed by atoms with E-state index in [2.05, 4.69) is 0 Å². The molecule has 0 atom stereocenters. The van der Waals surface area contributed by atoms with E-state index in [0.29, 0.717) is 0 Å². The number of carboxylic acids is 1. The van der Waals surface area contributed by atoms with Crippen molar-refractivity contribution < 1.29 is 14.8 Å². The van der Waals surface area contributed by atoms with Gasteiger partial charge in [-0.15, -0.1) is 0 Å². The van der Waals surface area contributed by atoms with Crippen LogP contribution < -0.4 is 0 Å². The van der Waals surface area contributed by atoms with E-state index >= 15 is 0 Å². The number of nitro benzene ring substituents is 1. The summed E-state index contributed by atoms with van der Waals surface area (Å²) < 4.78 is 0. The van der Waals surface area contributed by atoms with Gasteiger partial charge < -0.3 is 5.11 Å². The average molecular weight is 202 g/mol. The quantitative estimate of drug-likeness (QED) is 0.586. The fraction of sp³-hybridized carbons (Fsp3) is 0. The minimum Gasteiger partial charge on any atom is -0.478 e. The SMILES string of the molecule is O=C(O)c1ccc([N+](=O)[O-])c(Cl)c1. The minimum atomic E-state index is -1.17. The molecule has 1 rings (SSSR count). The topological polar surface area (TPSA) is 80.4 Å². The summed E-state index contributed by atoms with van der Waals surface area (Å²) in [6, 6.07) is 3.24. The van der Waals surface area contributed by atoms with Crippen LogP contribution >= 0.6 is 11.6 Å². The van der Waals surface area contributed by atoms with E-state index < -0.39 is 10.9 Å². The van der Waals surface area contributed by atoms with Gasteiger partial charge in [-0.3, -0.25) is 10.1 Å². The third-order valence-electron chi connectivity index (χ3n) is 1.39. The van der Waals surface area contributed by atoms with Gasteiger partial charge in [0.2, 0.25) is 0 Å². The van der Waals surface area contributed by atoms with Gasteiger partial charge in [0.25, 0.3) is 5.69 Å². The molecule has 13 heavy (non-hydrogen) atoms. The molecule has 0 heterocycles. The van der Waals surface area contributed by atoms with Gasteiger partial charge >= 0.3 is 5.97 Å².